The number of morpholine rings is 1. The van der Waals surface area contributed by atoms with Crippen molar-refractivity contribution in [1.82, 2.24) is 15.1 Å². The third-order valence-electron chi connectivity index (χ3n) is 4.61. The molecule has 3 heterocycles. The maximum atomic E-state index is 5.55. The molecule has 2 saturated heterocycles. The van der Waals surface area contributed by atoms with Crippen molar-refractivity contribution in [3.05, 3.63) is 11.3 Å². The highest BCUT2D eigenvalue weighted by molar-refractivity contribution is 5.50. The second kappa shape index (κ2) is 7.44. The summed E-state index contributed by atoms with van der Waals surface area (Å²) in [6, 6.07) is 0. The molecule has 124 valence electrons. The Hall–Kier alpha value is -1.11. The molecule has 2 aliphatic heterocycles. The van der Waals surface area contributed by atoms with Crippen molar-refractivity contribution < 1.29 is 9.47 Å². The molecule has 3 rings (SSSR count). The second-order valence-corrected chi connectivity index (χ2v) is 6.32. The average molecular weight is 308 g/mol. The third-order valence-corrected chi connectivity index (χ3v) is 4.61. The largest absolute Gasteiger partial charge is 0.381 e. The van der Waals surface area contributed by atoms with E-state index in [1.54, 1.807) is 0 Å². The Morgan fingerprint density at radius 3 is 2.77 bits per heavy atom. The minimum Gasteiger partial charge on any atom is -0.381 e. The molecule has 0 unspecified atom stereocenters. The third kappa shape index (κ3) is 3.62. The quantitative estimate of drug-likeness (QED) is 0.882. The Balaban J connectivity index is 1.61. The molecule has 0 amide bonds. The number of hydrogen-bond acceptors (Lipinski definition) is 5. The van der Waals surface area contributed by atoms with Crippen LogP contribution in [0.5, 0.6) is 0 Å². The predicted molar refractivity (Wildman–Crippen MR) is 86.2 cm³/mol. The van der Waals surface area contributed by atoms with Crippen molar-refractivity contribution in [2.24, 2.45) is 13.0 Å². The van der Waals surface area contributed by atoms with E-state index in [9.17, 15) is 0 Å². The molecule has 1 N–H and O–H groups in total. The van der Waals surface area contributed by atoms with Crippen LogP contribution in [0.4, 0.5) is 5.82 Å². The van der Waals surface area contributed by atoms with Gasteiger partial charge in [-0.15, -0.1) is 0 Å². The van der Waals surface area contributed by atoms with E-state index in [0.717, 1.165) is 58.3 Å². The van der Waals surface area contributed by atoms with Gasteiger partial charge in [-0.25, -0.2) is 0 Å². The first-order valence-corrected chi connectivity index (χ1v) is 8.39. The lowest BCUT2D eigenvalue weighted by Crippen LogP contribution is -2.38. The normalized spacial score (nSPS) is 23.0. The van der Waals surface area contributed by atoms with E-state index in [2.05, 4.69) is 22.2 Å². The maximum absolute atomic E-state index is 5.55. The first kappa shape index (κ1) is 15.8. The molecule has 1 aromatic heterocycles. The summed E-state index contributed by atoms with van der Waals surface area (Å²) in [5.41, 5.74) is 2.44. The molecule has 22 heavy (non-hydrogen) atoms. The van der Waals surface area contributed by atoms with E-state index in [0.29, 0.717) is 5.92 Å². The molecule has 2 aliphatic rings. The predicted octanol–water partition coefficient (Wildman–Crippen LogP) is 1.08. The Morgan fingerprint density at radius 1 is 1.23 bits per heavy atom. The minimum absolute atomic E-state index is 0.651. The number of rotatable bonds is 5. The zero-order chi connectivity index (χ0) is 15.4. The van der Waals surface area contributed by atoms with Crippen LogP contribution in [0.15, 0.2) is 0 Å². The van der Waals surface area contributed by atoms with Crippen molar-refractivity contribution in [1.29, 1.82) is 0 Å². The van der Waals surface area contributed by atoms with Crippen LogP contribution in [-0.2, 0) is 23.1 Å². The van der Waals surface area contributed by atoms with Gasteiger partial charge in [0.25, 0.3) is 0 Å². The molecule has 6 heteroatoms. The van der Waals surface area contributed by atoms with Gasteiger partial charge in [0.05, 0.1) is 25.5 Å². The molecule has 1 atom stereocenters. The van der Waals surface area contributed by atoms with Crippen LogP contribution in [0, 0.1) is 12.8 Å². The number of hydrogen-bond donors (Lipinski definition) is 1. The zero-order valence-corrected chi connectivity index (χ0v) is 13.8. The summed E-state index contributed by atoms with van der Waals surface area (Å²) in [5, 5.41) is 8.23. The topological polar surface area (TPSA) is 51.5 Å². The minimum atomic E-state index is 0.651. The van der Waals surface area contributed by atoms with Gasteiger partial charge in [0.2, 0.25) is 0 Å². The average Bonchev–Trinajstić information content (AvgIpc) is 2.83. The monoisotopic (exact) mass is 308 g/mol. The van der Waals surface area contributed by atoms with Gasteiger partial charge in [-0.05, 0) is 25.7 Å². The Morgan fingerprint density at radius 2 is 2.05 bits per heavy atom. The summed E-state index contributed by atoms with van der Waals surface area (Å²) in [7, 11) is 2.04. The Bertz CT molecular complexity index is 477. The van der Waals surface area contributed by atoms with Crippen LogP contribution in [0.3, 0.4) is 0 Å². The van der Waals surface area contributed by atoms with Crippen molar-refractivity contribution in [2.45, 2.75) is 26.3 Å². The lowest BCUT2D eigenvalue weighted by molar-refractivity contribution is 0.0547. The summed E-state index contributed by atoms with van der Waals surface area (Å²) in [6.07, 6.45) is 2.46. The maximum Gasteiger partial charge on any atom is 0.131 e. The molecular weight excluding hydrogens is 280 g/mol. The molecule has 6 nitrogen and oxygen atoms in total. The van der Waals surface area contributed by atoms with E-state index in [1.807, 2.05) is 11.7 Å². The summed E-state index contributed by atoms with van der Waals surface area (Å²) in [5.74, 6) is 1.89. The smallest absolute Gasteiger partial charge is 0.131 e. The van der Waals surface area contributed by atoms with Gasteiger partial charge in [-0.3, -0.25) is 4.68 Å². The molecule has 0 radical (unpaired) electrons. The number of ether oxygens (including phenoxy) is 2. The van der Waals surface area contributed by atoms with E-state index in [1.165, 1.54) is 24.2 Å². The highest BCUT2D eigenvalue weighted by Gasteiger charge is 2.21. The van der Waals surface area contributed by atoms with Crippen molar-refractivity contribution >= 4 is 5.82 Å². The molecule has 0 saturated carbocycles. The fraction of sp³-hybridized carbons (Fsp3) is 0.812. The van der Waals surface area contributed by atoms with E-state index in [-0.39, 0.29) is 0 Å². The van der Waals surface area contributed by atoms with Gasteiger partial charge in [0.15, 0.2) is 0 Å². The van der Waals surface area contributed by atoms with Gasteiger partial charge >= 0.3 is 0 Å². The lowest BCUT2D eigenvalue weighted by atomic mass is 10.0. The summed E-state index contributed by atoms with van der Waals surface area (Å²) >= 11 is 0. The highest BCUT2D eigenvalue weighted by atomic mass is 16.5. The standard InChI is InChI=1S/C16H28N4O2/c1-13-15(11-17-10-14-4-3-7-22-12-14)16(19(2)18-13)20-5-8-21-9-6-20/h14,17H,3-12H2,1-2H3/t14-/m0/s1. The Kier molecular flexibility index (Phi) is 5.33. The second-order valence-electron chi connectivity index (χ2n) is 6.32. The van der Waals surface area contributed by atoms with Crippen molar-refractivity contribution in [3.8, 4) is 0 Å². The molecule has 0 bridgehead atoms. The SMILES string of the molecule is Cc1nn(C)c(N2CCOCC2)c1CNC[C@@H]1CCCOC1. The number of anilines is 1. The van der Waals surface area contributed by atoms with Crippen LogP contribution in [-0.4, -0.2) is 55.8 Å². The van der Waals surface area contributed by atoms with Crippen LogP contribution in [0.25, 0.3) is 0 Å². The molecule has 0 aliphatic carbocycles. The fourth-order valence-electron chi connectivity index (χ4n) is 3.44. The van der Waals surface area contributed by atoms with Gasteiger partial charge in [-0.1, -0.05) is 0 Å². The number of nitrogens with one attached hydrogen (secondary N) is 1. The van der Waals surface area contributed by atoms with Crippen LogP contribution < -0.4 is 10.2 Å². The molecule has 1 aromatic rings. The van der Waals surface area contributed by atoms with Gasteiger partial charge in [-0.2, -0.15) is 5.10 Å². The van der Waals surface area contributed by atoms with Gasteiger partial charge in [0.1, 0.15) is 5.82 Å². The zero-order valence-electron chi connectivity index (χ0n) is 13.8. The highest BCUT2D eigenvalue weighted by Crippen LogP contribution is 2.24. The molecule has 0 spiro atoms. The van der Waals surface area contributed by atoms with E-state index < -0.39 is 0 Å². The lowest BCUT2D eigenvalue weighted by Gasteiger charge is -2.30. The van der Waals surface area contributed by atoms with Crippen molar-refractivity contribution in [2.75, 3.05) is 51.0 Å². The first-order valence-electron chi connectivity index (χ1n) is 8.39. The van der Waals surface area contributed by atoms with Crippen LogP contribution in [0.2, 0.25) is 0 Å². The summed E-state index contributed by atoms with van der Waals surface area (Å²) in [4.78, 5) is 2.39. The van der Waals surface area contributed by atoms with Crippen LogP contribution in [0.1, 0.15) is 24.1 Å². The number of nitrogens with zero attached hydrogens (tertiary/aromatic N) is 3. The van der Waals surface area contributed by atoms with Crippen LogP contribution >= 0.6 is 0 Å². The molecule has 2 fully saturated rings. The number of aromatic nitrogens is 2. The molecular formula is C16H28N4O2. The Labute approximate surface area is 132 Å². The van der Waals surface area contributed by atoms with E-state index in [4.69, 9.17) is 9.47 Å². The summed E-state index contributed by atoms with van der Waals surface area (Å²) < 4.78 is 13.0. The van der Waals surface area contributed by atoms with Gasteiger partial charge < -0.3 is 19.7 Å². The van der Waals surface area contributed by atoms with Crippen molar-refractivity contribution in [3.63, 3.8) is 0 Å². The number of aryl methyl sites for hydroxylation is 2. The van der Waals surface area contributed by atoms with Gasteiger partial charge in [0, 0.05) is 45.4 Å². The van der Waals surface area contributed by atoms with E-state index >= 15 is 0 Å². The summed E-state index contributed by atoms with van der Waals surface area (Å²) in [6.45, 7) is 9.33. The molecule has 0 aromatic carbocycles. The first-order chi connectivity index (χ1) is 10.8. The fourth-order valence-corrected chi connectivity index (χ4v) is 3.44.